The van der Waals surface area contributed by atoms with Gasteiger partial charge in [-0.2, -0.15) is 8.42 Å². The zero-order valence-electron chi connectivity index (χ0n) is 5.96. The third-order valence-corrected chi connectivity index (χ3v) is 1.79. The maximum absolute atomic E-state index is 10.3. The van der Waals surface area contributed by atoms with Crippen LogP contribution in [-0.4, -0.2) is 13.0 Å². The Labute approximate surface area is 60.8 Å². The average Bonchev–Trinajstić information content (AvgIpc) is 1.60. The van der Waals surface area contributed by atoms with Crippen molar-refractivity contribution in [3.05, 3.63) is 23.1 Å². The van der Waals surface area contributed by atoms with E-state index < -0.39 is 10.1 Å². The first kappa shape index (κ1) is 9.39. The molecule has 0 aromatic carbocycles. The van der Waals surface area contributed by atoms with Gasteiger partial charge in [-0.1, -0.05) is 12.2 Å². The van der Waals surface area contributed by atoms with Crippen LogP contribution in [0.2, 0.25) is 0 Å². The first-order chi connectivity index (χ1) is 4.34. The lowest BCUT2D eigenvalue weighted by Gasteiger charge is -1.93. The molecule has 0 aliphatic carbocycles. The van der Waals surface area contributed by atoms with E-state index in [1.807, 2.05) is 0 Å². The van der Waals surface area contributed by atoms with Crippen molar-refractivity contribution in [2.24, 2.45) is 0 Å². The summed E-state index contributed by atoms with van der Waals surface area (Å²) in [6, 6.07) is 0. The van der Waals surface area contributed by atoms with Gasteiger partial charge in [-0.25, -0.2) is 0 Å². The van der Waals surface area contributed by atoms with Gasteiger partial charge < -0.3 is 0 Å². The number of rotatable bonds is 2. The summed E-state index contributed by atoms with van der Waals surface area (Å²) < 4.78 is 29.0. The van der Waals surface area contributed by atoms with Crippen molar-refractivity contribution in [3.63, 3.8) is 0 Å². The lowest BCUT2D eigenvalue weighted by atomic mass is 10.3. The lowest BCUT2D eigenvalue weighted by Crippen LogP contribution is -1.97. The van der Waals surface area contributed by atoms with Crippen LogP contribution in [0, 0.1) is 0 Å². The Kier molecular flexibility index (Phi) is 2.80. The van der Waals surface area contributed by atoms with Crippen molar-refractivity contribution >= 4 is 10.1 Å². The Morgan fingerprint density at radius 3 is 2.00 bits per heavy atom. The summed E-state index contributed by atoms with van der Waals surface area (Å²) in [5.74, 6) is 0. The maximum Gasteiger partial charge on any atom is 0.290 e. The fourth-order valence-corrected chi connectivity index (χ4v) is 0.772. The third kappa shape index (κ3) is 3.42. The molecule has 1 N–H and O–H groups in total. The second-order valence-corrected chi connectivity index (χ2v) is 3.67. The Morgan fingerprint density at radius 2 is 1.90 bits per heavy atom. The molecular weight excluding hydrogens is 152 g/mol. The Hall–Kier alpha value is -0.610. The summed E-state index contributed by atoms with van der Waals surface area (Å²) in [7, 11) is -4.00. The summed E-state index contributed by atoms with van der Waals surface area (Å²) >= 11 is 0. The van der Waals surface area contributed by atoms with Crippen LogP contribution in [0.1, 0.15) is 13.8 Å². The first-order valence-corrected chi connectivity index (χ1v) is 4.09. The van der Waals surface area contributed by atoms with Crippen LogP contribution in [0.5, 0.6) is 0 Å². The molecule has 0 aromatic rings. The molecule has 3 nitrogen and oxygen atoms in total. The molecule has 0 fully saturated rings. The molecule has 0 rings (SSSR count). The normalized spacial score (nSPS) is 13.3. The van der Waals surface area contributed by atoms with Crippen molar-refractivity contribution in [2.45, 2.75) is 13.8 Å². The van der Waals surface area contributed by atoms with Gasteiger partial charge in [0.05, 0.1) is 4.91 Å². The van der Waals surface area contributed by atoms with E-state index >= 15 is 0 Å². The van der Waals surface area contributed by atoms with Gasteiger partial charge in [0.15, 0.2) is 0 Å². The molecule has 0 radical (unpaired) electrons. The molecule has 58 valence electrons. The van der Waals surface area contributed by atoms with Crippen LogP contribution < -0.4 is 0 Å². The molecule has 10 heavy (non-hydrogen) atoms. The highest BCUT2D eigenvalue weighted by molar-refractivity contribution is 7.89. The summed E-state index contributed by atoms with van der Waals surface area (Å²) in [6.45, 7) is 6.41. The zero-order valence-corrected chi connectivity index (χ0v) is 6.77. The van der Waals surface area contributed by atoms with E-state index in [2.05, 4.69) is 6.58 Å². The largest absolute Gasteiger partial charge is 0.290 e. The molecule has 0 heterocycles. The number of hydrogen-bond donors (Lipinski definition) is 1. The van der Waals surface area contributed by atoms with Gasteiger partial charge in [0, 0.05) is 0 Å². The molecule has 0 unspecified atom stereocenters. The summed E-state index contributed by atoms with van der Waals surface area (Å²) in [5, 5.41) is 0. The van der Waals surface area contributed by atoms with Gasteiger partial charge in [0.1, 0.15) is 0 Å². The Balaban J connectivity index is 4.70. The maximum atomic E-state index is 10.3. The van der Waals surface area contributed by atoms with Crippen LogP contribution in [0.3, 0.4) is 0 Å². The van der Waals surface area contributed by atoms with Gasteiger partial charge in [-0.3, -0.25) is 4.55 Å². The van der Waals surface area contributed by atoms with Crippen LogP contribution in [0.15, 0.2) is 23.1 Å². The molecule has 0 bridgehead atoms. The highest BCUT2D eigenvalue weighted by Crippen LogP contribution is 2.04. The van der Waals surface area contributed by atoms with E-state index in [4.69, 9.17) is 4.55 Å². The zero-order chi connectivity index (χ0) is 8.36. The van der Waals surface area contributed by atoms with E-state index in [9.17, 15) is 8.42 Å². The van der Waals surface area contributed by atoms with Crippen molar-refractivity contribution in [1.82, 2.24) is 0 Å². The molecule has 0 amide bonds. The second-order valence-electron chi connectivity index (χ2n) is 2.08. The quantitative estimate of drug-likeness (QED) is 0.492. The summed E-state index contributed by atoms with van der Waals surface area (Å²) in [6.07, 6.45) is 1.30. The van der Waals surface area contributed by atoms with Crippen LogP contribution in [0.25, 0.3) is 0 Å². The van der Waals surface area contributed by atoms with Crippen LogP contribution in [0.4, 0.5) is 0 Å². The fraction of sp³-hybridized carbons (Fsp3) is 0.333. The minimum absolute atomic E-state index is 0.0833. The SMILES string of the molecule is C=C(C)/C=C(/C)S(=O)(=O)O. The van der Waals surface area contributed by atoms with Crippen LogP contribution >= 0.6 is 0 Å². The van der Waals surface area contributed by atoms with E-state index in [1.54, 1.807) is 6.92 Å². The van der Waals surface area contributed by atoms with Crippen LogP contribution in [-0.2, 0) is 10.1 Å². The van der Waals surface area contributed by atoms with Crippen molar-refractivity contribution in [2.75, 3.05) is 0 Å². The molecule has 4 heteroatoms. The monoisotopic (exact) mass is 162 g/mol. The van der Waals surface area contributed by atoms with Gasteiger partial charge in [-0.15, -0.1) is 0 Å². The molecule has 0 saturated carbocycles. The Bertz CT molecular complexity index is 259. The first-order valence-electron chi connectivity index (χ1n) is 2.65. The molecule has 0 aromatic heterocycles. The fourth-order valence-electron chi connectivity index (χ4n) is 0.421. The van der Waals surface area contributed by atoms with Crippen molar-refractivity contribution < 1.29 is 13.0 Å². The highest BCUT2D eigenvalue weighted by atomic mass is 32.2. The lowest BCUT2D eigenvalue weighted by molar-refractivity contribution is 0.491. The topological polar surface area (TPSA) is 54.4 Å². The summed E-state index contributed by atoms with van der Waals surface area (Å²) in [4.78, 5) is -0.0833. The van der Waals surface area contributed by atoms with Gasteiger partial charge in [0.25, 0.3) is 10.1 Å². The predicted molar refractivity (Wildman–Crippen MR) is 40.1 cm³/mol. The molecular formula is C6H10O3S. The van der Waals surface area contributed by atoms with Gasteiger partial charge >= 0.3 is 0 Å². The van der Waals surface area contributed by atoms with E-state index in [1.165, 1.54) is 13.0 Å². The third-order valence-electron chi connectivity index (χ3n) is 0.857. The highest BCUT2D eigenvalue weighted by Gasteiger charge is 2.05. The van der Waals surface area contributed by atoms with E-state index in [0.717, 1.165) is 0 Å². The van der Waals surface area contributed by atoms with Crippen molar-refractivity contribution in [3.8, 4) is 0 Å². The minimum Gasteiger partial charge on any atom is -0.282 e. The predicted octanol–water partition coefficient (Wildman–Crippen LogP) is 1.35. The number of allylic oxidation sites excluding steroid dienone is 3. The average molecular weight is 162 g/mol. The van der Waals surface area contributed by atoms with Crippen molar-refractivity contribution in [1.29, 1.82) is 0 Å². The van der Waals surface area contributed by atoms with E-state index in [0.29, 0.717) is 5.57 Å². The number of hydrogen-bond acceptors (Lipinski definition) is 2. The summed E-state index contributed by atoms with van der Waals surface area (Å²) in [5.41, 5.74) is 0.593. The van der Waals surface area contributed by atoms with E-state index in [-0.39, 0.29) is 4.91 Å². The smallest absolute Gasteiger partial charge is 0.282 e. The minimum atomic E-state index is -4.00. The Morgan fingerprint density at radius 1 is 1.50 bits per heavy atom. The van der Waals surface area contributed by atoms with Gasteiger partial charge in [-0.05, 0) is 19.9 Å². The molecule has 0 atom stereocenters. The molecule has 0 aliphatic rings. The molecule has 0 spiro atoms. The standard InChI is InChI=1S/C6H10O3S/c1-5(2)4-6(3)10(7,8)9/h4H,1H2,2-3H3,(H,7,8,9)/b6-4-. The molecule has 0 saturated heterocycles. The van der Waals surface area contributed by atoms with Gasteiger partial charge in [0.2, 0.25) is 0 Å². The molecule has 0 aliphatic heterocycles. The second kappa shape index (κ2) is 2.98.